The molecule has 7 aliphatic carbocycles. The van der Waals surface area contributed by atoms with Gasteiger partial charge in [0.05, 0.1) is 12.6 Å². The number of unbranched alkanes of at least 4 members (excludes halogenated alkanes) is 2. The fraction of sp³-hybridized carbons (Fsp3) is 0.667. The topological polar surface area (TPSA) is 40.6 Å². The van der Waals surface area contributed by atoms with Crippen molar-refractivity contribution in [3.8, 4) is 6.07 Å². The highest BCUT2D eigenvalue weighted by molar-refractivity contribution is 5.73. The Morgan fingerprint density at radius 2 is 1.54 bits per heavy atom. The third kappa shape index (κ3) is 5.39. The van der Waals surface area contributed by atoms with Crippen molar-refractivity contribution in [1.82, 2.24) is 0 Å². The Bertz CT molecular complexity index is 1780. The second-order valence-corrected chi connectivity index (χ2v) is 20.1. The normalized spacial score (nSPS) is 39.0. The summed E-state index contributed by atoms with van der Waals surface area (Å²) in [5.74, 6) is 4.58. The molecule has 3 aliphatic heterocycles. The summed E-state index contributed by atoms with van der Waals surface area (Å²) in [5, 5.41) is 9.98. The van der Waals surface area contributed by atoms with E-state index in [1.165, 1.54) is 114 Å². The number of hydrogen-bond acceptors (Lipinski definition) is 3. The number of nitrogens with zero attached hydrogens (tertiary/aromatic N) is 3. The van der Waals surface area contributed by atoms with Crippen molar-refractivity contribution in [2.75, 3.05) is 18.0 Å². The lowest BCUT2D eigenvalue weighted by atomic mass is 9.41. The summed E-state index contributed by atoms with van der Waals surface area (Å²) >= 11 is 0. The van der Waals surface area contributed by atoms with E-state index in [0.29, 0.717) is 16.4 Å². The molecule has 0 aromatic heterocycles. The summed E-state index contributed by atoms with van der Waals surface area (Å²) in [6.07, 6.45) is 32.3. The van der Waals surface area contributed by atoms with Gasteiger partial charge in [0.25, 0.3) is 5.70 Å². The molecular weight excluding hydrogens is 635 g/mol. The highest BCUT2D eigenvalue weighted by Gasteiger charge is 2.61. The lowest BCUT2D eigenvalue weighted by molar-refractivity contribution is -0.0993. The molecule has 6 bridgehead atoms. The summed E-state index contributed by atoms with van der Waals surface area (Å²) in [5.41, 5.74) is 8.13. The van der Waals surface area contributed by atoms with Crippen LogP contribution < -0.4 is 4.90 Å². The second-order valence-electron chi connectivity index (χ2n) is 20.1. The standard InChI is InChI=1S/C48H61N3O/c1-6-7-8-11-46-12-15-47(16-13-46,17-14-46)42-28-37(41(32-49)50-5)27-38(52-42)10-9-33-25-39-43-40(26-33)45(4,19-21-51(43)20-18-44(39,2)3)48-29-34-22-35(30-48)24-36(23-34)31-48/h9-10,25-28,34-36H,6-8,11-24,29-31H2,1-4H3/b10-9+,41-37+. The third-order valence-electron chi connectivity index (χ3n) is 16.8. The molecule has 7 saturated carbocycles. The summed E-state index contributed by atoms with van der Waals surface area (Å²) in [4.78, 5) is 6.41. The molecule has 3 heterocycles. The number of anilines is 1. The third-order valence-corrected chi connectivity index (χ3v) is 16.8. The number of ether oxygens (including phenoxy) is 1. The first-order valence-electron chi connectivity index (χ1n) is 21.3. The minimum atomic E-state index is 0.0108. The molecule has 4 heteroatoms. The maximum absolute atomic E-state index is 9.98. The van der Waals surface area contributed by atoms with Gasteiger partial charge in [-0.15, -0.1) is 0 Å². The van der Waals surface area contributed by atoms with Gasteiger partial charge in [-0.25, -0.2) is 10.1 Å². The van der Waals surface area contributed by atoms with Crippen molar-refractivity contribution in [3.63, 3.8) is 0 Å². The number of fused-ring (bicyclic) bond motifs is 3. The quantitative estimate of drug-likeness (QED) is 0.154. The van der Waals surface area contributed by atoms with Gasteiger partial charge >= 0.3 is 0 Å². The van der Waals surface area contributed by atoms with Crippen LogP contribution >= 0.6 is 0 Å². The average Bonchev–Trinajstić information content (AvgIpc) is 3.14. The largest absolute Gasteiger partial charge is 0.461 e. The molecule has 1 aromatic carbocycles. The molecule has 11 rings (SSSR count). The Kier molecular flexibility index (Phi) is 8.23. The second kappa shape index (κ2) is 12.4. The highest BCUT2D eigenvalue weighted by atomic mass is 16.5. The van der Waals surface area contributed by atoms with Gasteiger partial charge in [0.15, 0.2) is 0 Å². The predicted octanol–water partition coefficient (Wildman–Crippen LogP) is 12.5. The van der Waals surface area contributed by atoms with Crippen LogP contribution in [0.25, 0.3) is 10.9 Å². The maximum Gasteiger partial charge on any atom is 0.269 e. The van der Waals surface area contributed by atoms with E-state index < -0.39 is 0 Å². The lowest BCUT2D eigenvalue weighted by Gasteiger charge is -2.65. The molecule has 0 saturated heterocycles. The van der Waals surface area contributed by atoms with Gasteiger partial charge in [-0.05, 0) is 183 Å². The van der Waals surface area contributed by atoms with E-state index >= 15 is 0 Å². The van der Waals surface area contributed by atoms with Crippen LogP contribution in [0.3, 0.4) is 0 Å². The van der Waals surface area contributed by atoms with E-state index in [-0.39, 0.29) is 21.9 Å². The van der Waals surface area contributed by atoms with E-state index in [2.05, 4.69) is 73.9 Å². The molecule has 0 radical (unpaired) electrons. The first-order valence-corrected chi connectivity index (χ1v) is 21.3. The molecule has 1 atom stereocenters. The summed E-state index contributed by atoms with van der Waals surface area (Å²) in [6, 6.07) is 7.27. The van der Waals surface area contributed by atoms with Crippen LogP contribution in [0.4, 0.5) is 5.69 Å². The van der Waals surface area contributed by atoms with Gasteiger partial charge in [0.1, 0.15) is 11.5 Å². The van der Waals surface area contributed by atoms with Gasteiger partial charge in [0, 0.05) is 29.6 Å². The van der Waals surface area contributed by atoms with Crippen molar-refractivity contribution in [2.45, 2.75) is 154 Å². The van der Waals surface area contributed by atoms with Gasteiger partial charge in [0.2, 0.25) is 0 Å². The van der Waals surface area contributed by atoms with Crippen molar-refractivity contribution in [2.24, 2.45) is 34.0 Å². The fourth-order valence-electron chi connectivity index (χ4n) is 13.8. The zero-order valence-corrected chi connectivity index (χ0v) is 32.6. The van der Waals surface area contributed by atoms with Crippen LogP contribution in [-0.4, -0.2) is 13.1 Å². The van der Waals surface area contributed by atoms with Crippen molar-refractivity contribution < 1.29 is 4.74 Å². The smallest absolute Gasteiger partial charge is 0.269 e. The first-order chi connectivity index (χ1) is 25.0. The van der Waals surface area contributed by atoms with Crippen LogP contribution in [0, 0.1) is 51.9 Å². The van der Waals surface area contributed by atoms with E-state index in [9.17, 15) is 5.26 Å². The van der Waals surface area contributed by atoms with Crippen LogP contribution in [0.2, 0.25) is 0 Å². The molecular formula is C48H61N3O. The average molecular weight is 696 g/mol. The molecule has 0 spiro atoms. The zero-order valence-electron chi connectivity index (χ0n) is 32.6. The Labute approximate surface area is 314 Å². The van der Waals surface area contributed by atoms with Crippen LogP contribution in [0.15, 0.2) is 53.1 Å². The Morgan fingerprint density at radius 3 is 2.17 bits per heavy atom. The van der Waals surface area contributed by atoms with Gasteiger partial charge in [-0.2, -0.15) is 0 Å². The fourth-order valence-corrected chi connectivity index (χ4v) is 13.8. The van der Waals surface area contributed by atoms with E-state index in [4.69, 9.17) is 11.3 Å². The van der Waals surface area contributed by atoms with Gasteiger partial charge in [-0.3, -0.25) is 0 Å². The number of nitriles is 1. The summed E-state index contributed by atoms with van der Waals surface area (Å²) in [7, 11) is 0. The number of rotatable bonds is 8. The Hall–Kier alpha value is -3.24. The van der Waals surface area contributed by atoms with Crippen molar-refractivity contribution in [3.05, 3.63) is 81.3 Å². The van der Waals surface area contributed by atoms with E-state index in [1.54, 1.807) is 11.3 Å². The molecule has 7 fully saturated rings. The molecule has 52 heavy (non-hydrogen) atoms. The molecule has 274 valence electrons. The monoisotopic (exact) mass is 695 g/mol. The first kappa shape index (κ1) is 34.5. The minimum Gasteiger partial charge on any atom is -0.461 e. The van der Waals surface area contributed by atoms with Crippen LogP contribution in [0.1, 0.15) is 160 Å². The van der Waals surface area contributed by atoms with Gasteiger partial charge < -0.3 is 9.64 Å². The van der Waals surface area contributed by atoms with Crippen LogP contribution in [-0.2, 0) is 15.6 Å². The Morgan fingerprint density at radius 1 is 0.885 bits per heavy atom. The minimum absolute atomic E-state index is 0.0108. The molecule has 0 N–H and O–H groups in total. The molecule has 4 nitrogen and oxygen atoms in total. The van der Waals surface area contributed by atoms with E-state index in [1.807, 2.05) is 6.08 Å². The Balaban J connectivity index is 1.06. The predicted molar refractivity (Wildman–Crippen MR) is 211 cm³/mol. The molecule has 0 amide bonds. The number of hydrogen-bond donors (Lipinski definition) is 0. The summed E-state index contributed by atoms with van der Waals surface area (Å²) in [6.45, 7) is 20.1. The van der Waals surface area contributed by atoms with Crippen molar-refractivity contribution >= 4 is 11.8 Å². The van der Waals surface area contributed by atoms with E-state index in [0.717, 1.165) is 55.1 Å². The lowest BCUT2D eigenvalue weighted by Crippen LogP contribution is -2.58. The zero-order chi connectivity index (χ0) is 35.9. The number of allylic oxidation sites excluding steroid dienone is 6. The maximum atomic E-state index is 9.98. The van der Waals surface area contributed by atoms with Gasteiger partial charge in [-0.1, -0.05) is 53.0 Å². The molecule has 1 aromatic rings. The molecule has 10 aliphatic rings. The van der Waals surface area contributed by atoms with Crippen LogP contribution in [0.5, 0.6) is 0 Å². The van der Waals surface area contributed by atoms with Crippen molar-refractivity contribution in [1.29, 1.82) is 5.26 Å². The summed E-state index contributed by atoms with van der Waals surface area (Å²) < 4.78 is 6.89. The molecule has 1 unspecified atom stereocenters. The SMILES string of the molecule is [C-]#[N+]/C(C#N)=C1C=C(/C=C/c2cc3c4c(c2)C(C)(C25CC6CC(CC(C6)C2)C5)CCN4CCC3(C)C)OC(C23CCC(CCCCC)(CC2)CC3)=C\1. The number of benzene rings is 1. The highest BCUT2D eigenvalue weighted by Crippen LogP contribution is 2.69.